The maximum absolute atomic E-state index is 2.93. The van der Waals surface area contributed by atoms with Gasteiger partial charge in [0.05, 0.1) is 0 Å². The first-order valence-corrected chi connectivity index (χ1v) is 27.4. The van der Waals surface area contributed by atoms with Gasteiger partial charge in [-0.1, -0.05) is 208 Å². The summed E-state index contributed by atoms with van der Waals surface area (Å²) in [5.41, 5.74) is 38.1. The van der Waals surface area contributed by atoms with E-state index in [4.69, 9.17) is 0 Å². The monoisotopic (exact) mass is 945 g/mol. The highest BCUT2D eigenvalue weighted by Gasteiger charge is 2.61. The fraction of sp³-hybridized carbons (Fsp3) is 0.324. The van der Waals surface area contributed by atoms with E-state index in [-0.39, 0.29) is 52.9 Å². The Labute approximate surface area is 436 Å². The smallest absolute Gasteiger partial charge is 0.329 e. The Hall–Kier alpha value is -6.19. The lowest BCUT2D eigenvalue weighted by Gasteiger charge is -2.56. The second kappa shape index (κ2) is 13.2. The van der Waals surface area contributed by atoms with Gasteiger partial charge in [-0.25, -0.2) is 0 Å². The first-order chi connectivity index (χ1) is 34.3. The van der Waals surface area contributed by atoms with Crippen molar-refractivity contribution in [2.45, 2.75) is 143 Å². The van der Waals surface area contributed by atoms with E-state index in [9.17, 15) is 0 Å². The second-order valence-corrected chi connectivity index (χ2v) is 28.5. The maximum Gasteiger partial charge on any atom is 0.329 e. The first-order valence-electron chi connectivity index (χ1n) is 27.4. The van der Waals surface area contributed by atoms with Crippen molar-refractivity contribution in [3.63, 3.8) is 0 Å². The van der Waals surface area contributed by atoms with Crippen LogP contribution >= 0.6 is 0 Å². The Morgan fingerprint density at radius 1 is 0.342 bits per heavy atom. The Bertz CT molecular complexity index is 3620. The number of hydrogen-bond donors (Lipinski definition) is 0. The molecular formula is C68H67B3N2. The van der Waals surface area contributed by atoms with Crippen molar-refractivity contribution < 1.29 is 0 Å². The van der Waals surface area contributed by atoms with Crippen molar-refractivity contribution >= 4 is 92.6 Å². The summed E-state index contributed by atoms with van der Waals surface area (Å²) in [6.07, 6.45) is 0. The molecule has 0 spiro atoms. The molecule has 15 rings (SSSR count). The van der Waals surface area contributed by atoms with Crippen LogP contribution in [0.25, 0.3) is 44.3 Å². The average Bonchev–Trinajstić information content (AvgIpc) is 3.72. The molecule has 7 aromatic rings. The summed E-state index contributed by atoms with van der Waals surface area (Å²) in [6, 6.07) is 47.5. The third-order valence-corrected chi connectivity index (χ3v) is 19.4. The van der Waals surface area contributed by atoms with Gasteiger partial charge >= 0.3 is 13.7 Å². The van der Waals surface area contributed by atoms with Crippen LogP contribution < -0.4 is 36.9 Å². The number of hydrogen-bond acceptors (Lipinski definition) is 2. The molecule has 0 unspecified atom stereocenters. The topological polar surface area (TPSA) is 6.48 Å². The van der Waals surface area contributed by atoms with Crippen LogP contribution in [0.4, 0.5) is 22.7 Å². The fourth-order valence-electron chi connectivity index (χ4n) is 15.8. The summed E-state index contributed by atoms with van der Waals surface area (Å²) < 4.78 is 0. The number of anilines is 4. The van der Waals surface area contributed by atoms with Gasteiger partial charge < -0.3 is 9.62 Å². The summed E-state index contributed by atoms with van der Waals surface area (Å²) in [7, 11) is 0. The van der Waals surface area contributed by atoms with Gasteiger partial charge in [-0.15, -0.1) is 0 Å². The molecule has 6 heterocycles. The van der Waals surface area contributed by atoms with E-state index in [0.29, 0.717) is 0 Å². The molecule has 0 fully saturated rings. The minimum atomic E-state index is -0.204. The minimum absolute atomic E-state index is 0.00164. The van der Waals surface area contributed by atoms with Gasteiger partial charge in [0, 0.05) is 55.8 Å². The molecule has 0 radical (unpaired) electrons. The molecular weight excluding hydrogens is 877 g/mol. The normalized spacial score (nSPS) is 18.1. The predicted molar refractivity (Wildman–Crippen MR) is 317 cm³/mol. The van der Waals surface area contributed by atoms with Crippen molar-refractivity contribution in [1.29, 1.82) is 0 Å². The zero-order valence-electron chi connectivity index (χ0n) is 46.1. The van der Waals surface area contributed by atoms with E-state index < -0.39 is 0 Å². The van der Waals surface area contributed by atoms with Crippen molar-refractivity contribution in [3.05, 3.63) is 171 Å². The molecule has 358 valence electrons. The molecule has 5 heteroatoms. The fourth-order valence-corrected chi connectivity index (χ4v) is 15.8. The molecule has 0 atom stereocenters. The summed E-state index contributed by atoms with van der Waals surface area (Å²) in [6.45, 7) is 39.0. The molecule has 7 aromatic carbocycles. The van der Waals surface area contributed by atoms with Crippen LogP contribution in [0.1, 0.15) is 166 Å². The van der Waals surface area contributed by atoms with Crippen molar-refractivity contribution in [1.82, 2.24) is 0 Å². The number of nitrogens with zero attached hydrogens (tertiary/aromatic N) is 2. The summed E-state index contributed by atoms with van der Waals surface area (Å²) in [4.78, 5) is 5.86. The van der Waals surface area contributed by atoms with Crippen LogP contribution in [0.3, 0.4) is 0 Å². The molecule has 0 bridgehead atoms. The van der Waals surface area contributed by atoms with Crippen LogP contribution in [0.5, 0.6) is 0 Å². The van der Waals surface area contributed by atoms with Crippen LogP contribution in [0, 0.1) is 0 Å². The zero-order valence-corrected chi connectivity index (χ0v) is 46.1. The second-order valence-electron chi connectivity index (χ2n) is 28.5. The summed E-state index contributed by atoms with van der Waals surface area (Å²) >= 11 is 0. The highest BCUT2D eigenvalue weighted by atomic mass is 15.1. The van der Waals surface area contributed by atoms with Crippen LogP contribution in [-0.2, 0) is 32.5 Å². The van der Waals surface area contributed by atoms with Gasteiger partial charge in [-0.2, -0.15) is 0 Å². The van der Waals surface area contributed by atoms with Crippen LogP contribution in [0.2, 0.25) is 0 Å². The van der Waals surface area contributed by atoms with E-state index in [1.165, 1.54) is 150 Å². The molecule has 0 N–H and O–H groups in total. The third-order valence-electron chi connectivity index (χ3n) is 19.4. The SMILES string of the molecule is CC(C)(C)c1ccc2c(c1)B1C3=C(c4cc(C(C)(C)C)cc5c4N1c1c-2cc2c4c1B5c1cc(C(C)(C)C)cc5c1N4B(C1=C5C(C)(C)c4ccccc41)c1cc(C(C)(C)C)ccc1-2)C(C)(C)c1ccccc13. The molecule has 73 heavy (non-hydrogen) atoms. The Morgan fingerprint density at radius 2 is 0.712 bits per heavy atom. The van der Waals surface area contributed by atoms with Crippen molar-refractivity contribution in [2.75, 3.05) is 9.62 Å². The van der Waals surface area contributed by atoms with Gasteiger partial charge in [-0.05, 0) is 145 Å². The molecule has 0 amide bonds. The average molecular weight is 945 g/mol. The quantitative estimate of drug-likeness (QED) is 0.140. The first kappa shape index (κ1) is 44.3. The predicted octanol–water partition coefficient (Wildman–Crippen LogP) is 13.6. The lowest BCUT2D eigenvalue weighted by molar-refractivity contribution is 0.590. The largest absolute Gasteiger partial charge is 0.377 e. The zero-order chi connectivity index (χ0) is 50.9. The standard InChI is InChI=1S/C68H67B3N2/c1-63(2,3)36-25-27-40-44-35-45-41-28-26-37(64(4,5)6)32-51(41)71-57-43-22-18-20-24-49(43)68(15,16)55(57)47-30-39(66(10,11)12)34-53-60(47)73(71)62(45)58-61(44)72-59-46(29-38(65(7,8)9)33-52(59)69(53)58)54-56(70(72)50(40)31-36)42-21-17-19-23-48(42)67(54,13)14/h17-35H,1-16H3. The highest BCUT2D eigenvalue weighted by molar-refractivity contribution is 7.07. The van der Waals surface area contributed by atoms with Gasteiger partial charge in [0.25, 0.3) is 6.71 Å². The lowest BCUT2D eigenvalue weighted by Crippen LogP contribution is -2.70. The third kappa shape index (κ3) is 5.26. The van der Waals surface area contributed by atoms with Gasteiger partial charge in [0.1, 0.15) is 0 Å². The number of fused-ring (bicyclic) bond motifs is 16. The van der Waals surface area contributed by atoms with Gasteiger partial charge in [0.15, 0.2) is 0 Å². The number of rotatable bonds is 0. The number of benzene rings is 7. The Kier molecular flexibility index (Phi) is 8.00. The summed E-state index contributed by atoms with van der Waals surface area (Å²) in [5.74, 6) is 0. The molecule has 6 aliphatic heterocycles. The molecule has 2 aliphatic carbocycles. The lowest BCUT2D eigenvalue weighted by atomic mass is 9.28. The molecule has 0 saturated heterocycles. The van der Waals surface area contributed by atoms with Gasteiger partial charge in [-0.3, -0.25) is 0 Å². The van der Waals surface area contributed by atoms with E-state index in [1.54, 1.807) is 0 Å². The van der Waals surface area contributed by atoms with Crippen LogP contribution in [0.15, 0.2) is 115 Å². The minimum Gasteiger partial charge on any atom is -0.377 e. The van der Waals surface area contributed by atoms with E-state index >= 15 is 0 Å². The van der Waals surface area contributed by atoms with Gasteiger partial charge in [0.2, 0.25) is 0 Å². The number of allylic oxidation sites excluding steroid dienone is 2. The molecule has 0 aromatic heterocycles. The highest BCUT2D eigenvalue weighted by Crippen LogP contribution is 2.64. The Balaban J connectivity index is 1.18. The van der Waals surface area contributed by atoms with Crippen molar-refractivity contribution in [3.8, 4) is 22.3 Å². The molecule has 8 aliphatic rings. The molecule has 0 saturated carbocycles. The molecule has 2 nitrogen and oxygen atoms in total. The summed E-state index contributed by atoms with van der Waals surface area (Å²) in [5, 5.41) is 0. The van der Waals surface area contributed by atoms with Crippen molar-refractivity contribution in [2.24, 2.45) is 0 Å². The van der Waals surface area contributed by atoms with E-state index in [1.807, 2.05) is 0 Å². The van der Waals surface area contributed by atoms with E-state index in [0.717, 1.165) is 0 Å². The maximum atomic E-state index is 2.93. The Morgan fingerprint density at radius 3 is 1.10 bits per heavy atom. The van der Waals surface area contributed by atoms with E-state index in [2.05, 4.69) is 236 Å². The van der Waals surface area contributed by atoms with Crippen LogP contribution in [-0.4, -0.2) is 20.4 Å².